The van der Waals surface area contributed by atoms with Gasteiger partial charge in [-0.3, -0.25) is 9.63 Å². The van der Waals surface area contributed by atoms with Gasteiger partial charge >= 0.3 is 12.1 Å². The first-order valence-electron chi connectivity index (χ1n) is 8.92. The number of nitrogens with zero attached hydrogens (tertiary/aromatic N) is 1. The van der Waals surface area contributed by atoms with Crippen LogP contribution in [0.3, 0.4) is 0 Å². The van der Waals surface area contributed by atoms with E-state index in [0.717, 1.165) is 10.6 Å². The molecular formula is C19H26N2O7. The summed E-state index contributed by atoms with van der Waals surface area (Å²) in [6, 6.07) is 7.88. The Hall–Kier alpha value is -2.65. The maximum atomic E-state index is 12.2. The number of β-lactam (4-membered cyclic amide) rings is 1. The molecule has 0 saturated carbocycles. The predicted molar refractivity (Wildman–Crippen MR) is 98.1 cm³/mol. The number of carboxylic acid groups (broad SMARTS) is 1. The number of carbonyl (C=O) groups is 3. The van der Waals surface area contributed by atoms with Crippen LogP contribution in [0.4, 0.5) is 4.79 Å². The first-order valence-corrected chi connectivity index (χ1v) is 8.92. The number of carbonyl (C=O) groups excluding carboxylic acids is 2. The van der Waals surface area contributed by atoms with Crippen LogP contribution in [0.25, 0.3) is 0 Å². The van der Waals surface area contributed by atoms with Gasteiger partial charge in [0, 0.05) is 0 Å². The zero-order chi connectivity index (χ0) is 20.9. The molecule has 0 spiro atoms. The third kappa shape index (κ3) is 5.93. The Labute approximate surface area is 163 Å². The Bertz CT molecular complexity index is 702. The van der Waals surface area contributed by atoms with Crippen LogP contribution < -0.4 is 5.32 Å². The van der Waals surface area contributed by atoms with E-state index < -0.39 is 41.8 Å². The number of hydrogen-bond acceptors (Lipinski definition) is 6. The number of ether oxygens (including phenoxy) is 2. The van der Waals surface area contributed by atoms with Crippen molar-refractivity contribution in [3.05, 3.63) is 35.9 Å². The maximum absolute atomic E-state index is 12.2. The molecule has 1 aromatic carbocycles. The zero-order valence-electron chi connectivity index (χ0n) is 16.4. The fourth-order valence-electron chi connectivity index (χ4n) is 2.50. The average molecular weight is 394 g/mol. The van der Waals surface area contributed by atoms with Gasteiger partial charge in [-0.2, -0.15) is 0 Å². The highest BCUT2D eigenvalue weighted by Gasteiger charge is 2.48. The highest BCUT2D eigenvalue weighted by Crippen LogP contribution is 2.22. The zero-order valence-corrected chi connectivity index (χ0v) is 16.4. The fraction of sp³-hybridized carbons (Fsp3) is 0.526. The second-order valence-electron chi connectivity index (χ2n) is 7.46. The van der Waals surface area contributed by atoms with Crippen molar-refractivity contribution in [3.63, 3.8) is 0 Å². The van der Waals surface area contributed by atoms with Crippen molar-refractivity contribution >= 4 is 18.0 Å². The van der Waals surface area contributed by atoms with Gasteiger partial charge in [-0.1, -0.05) is 30.3 Å². The van der Waals surface area contributed by atoms with Gasteiger partial charge < -0.3 is 19.9 Å². The number of hydroxylamine groups is 2. The fourth-order valence-corrected chi connectivity index (χ4v) is 2.50. The van der Waals surface area contributed by atoms with Crippen LogP contribution >= 0.6 is 0 Å². The molecule has 1 unspecified atom stereocenters. The van der Waals surface area contributed by atoms with E-state index in [1.165, 1.54) is 0 Å². The van der Waals surface area contributed by atoms with E-state index in [9.17, 15) is 19.5 Å². The Kier molecular flexibility index (Phi) is 6.98. The van der Waals surface area contributed by atoms with E-state index in [0.29, 0.717) is 0 Å². The largest absolute Gasteiger partial charge is 0.479 e. The average Bonchev–Trinajstić information content (AvgIpc) is 2.61. The molecular weight excluding hydrogens is 368 g/mol. The number of benzene rings is 1. The van der Waals surface area contributed by atoms with E-state index in [1.54, 1.807) is 27.7 Å². The number of nitrogens with one attached hydrogen (secondary N) is 1. The molecule has 1 aromatic rings. The Morgan fingerprint density at radius 1 is 1.25 bits per heavy atom. The van der Waals surface area contributed by atoms with E-state index >= 15 is 0 Å². The Morgan fingerprint density at radius 2 is 1.89 bits per heavy atom. The lowest BCUT2D eigenvalue weighted by Crippen LogP contribution is -2.70. The first-order chi connectivity index (χ1) is 13.1. The lowest BCUT2D eigenvalue weighted by molar-refractivity contribution is -0.258. The SMILES string of the molecule is C[C@H]1[C@H](NC(=O)OC(C)(C)C)C(=O)N1OC(COCc1ccccc1)C(=O)O. The lowest BCUT2D eigenvalue weighted by Gasteiger charge is -2.44. The second kappa shape index (κ2) is 9.03. The summed E-state index contributed by atoms with van der Waals surface area (Å²) in [6.07, 6.45) is -2.07. The molecule has 154 valence electrons. The van der Waals surface area contributed by atoms with E-state index in [2.05, 4.69) is 5.32 Å². The van der Waals surface area contributed by atoms with Crippen LogP contribution in [0.1, 0.15) is 33.3 Å². The number of alkyl carbamates (subject to hydrolysis) is 1. The maximum Gasteiger partial charge on any atom is 0.408 e. The van der Waals surface area contributed by atoms with Crippen molar-refractivity contribution < 1.29 is 33.8 Å². The standard InChI is InChI=1S/C19H26N2O7/c1-12-15(20-18(25)27-19(2,3)4)16(22)21(12)28-14(17(23)24)11-26-10-13-8-6-5-7-9-13/h5-9,12,14-15H,10-11H2,1-4H3,(H,20,25)(H,23,24)/t12-,14?,15-/m0/s1. The number of carboxylic acids is 1. The molecule has 3 atom stereocenters. The van der Waals surface area contributed by atoms with E-state index in [1.807, 2.05) is 30.3 Å². The molecule has 9 nitrogen and oxygen atoms in total. The summed E-state index contributed by atoms with van der Waals surface area (Å²) in [5.74, 6) is -1.80. The third-order valence-corrected chi connectivity index (χ3v) is 3.90. The van der Waals surface area contributed by atoms with Gasteiger partial charge in [0.25, 0.3) is 5.91 Å². The number of hydrogen-bond donors (Lipinski definition) is 2. The molecule has 1 aliphatic rings. The summed E-state index contributed by atoms with van der Waals surface area (Å²) in [6.45, 7) is 6.75. The van der Waals surface area contributed by atoms with Crippen molar-refractivity contribution in [1.82, 2.24) is 10.4 Å². The molecule has 2 rings (SSSR count). The van der Waals surface area contributed by atoms with Crippen molar-refractivity contribution in [2.75, 3.05) is 6.61 Å². The summed E-state index contributed by atoms with van der Waals surface area (Å²) in [5, 5.41) is 12.7. The van der Waals surface area contributed by atoms with Crippen molar-refractivity contribution in [2.24, 2.45) is 0 Å². The highest BCUT2D eigenvalue weighted by atomic mass is 16.7. The molecule has 0 radical (unpaired) electrons. The van der Waals surface area contributed by atoms with Crippen LogP contribution in [0.15, 0.2) is 30.3 Å². The van der Waals surface area contributed by atoms with Crippen LogP contribution in [-0.2, 0) is 30.5 Å². The van der Waals surface area contributed by atoms with Gasteiger partial charge in [0.15, 0.2) is 0 Å². The molecule has 2 amide bonds. The molecule has 1 fully saturated rings. The summed E-state index contributed by atoms with van der Waals surface area (Å²) in [4.78, 5) is 40.7. The number of amides is 2. The monoisotopic (exact) mass is 394 g/mol. The Morgan fingerprint density at radius 3 is 2.43 bits per heavy atom. The van der Waals surface area contributed by atoms with Crippen molar-refractivity contribution in [1.29, 1.82) is 0 Å². The minimum Gasteiger partial charge on any atom is -0.479 e. The number of aliphatic carboxylic acids is 1. The van der Waals surface area contributed by atoms with Crippen molar-refractivity contribution in [3.8, 4) is 0 Å². The van der Waals surface area contributed by atoms with Gasteiger partial charge in [-0.15, -0.1) is 0 Å². The van der Waals surface area contributed by atoms with Crippen LogP contribution in [0.2, 0.25) is 0 Å². The van der Waals surface area contributed by atoms with Crippen LogP contribution in [0.5, 0.6) is 0 Å². The van der Waals surface area contributed by atoms with Crippen molar-refractivity contribution in [2.45, 2.75) is 58.1 Å². The quantitative estimate of drug-likeness (QED) is 0.645. The van der Waals surface area contributed by atoms with E-state index in [-0.39, 0.29) is 13.2 Å². The van der Waals surface area contributed by atoms with Gasteiger partial charge in [0.1, 0.15) is 11.6 Å². The molecule has 9 heteroatoms. The normalized spacial score (nSPS) is 20.3. The smallest absolute Gasteiger partial charge is 0.408 e. The van der Waals surface area contributed by atoms with E-state index in [4.69, 9.17) is 14.3 Å². The molecule has 1 aliphatic heterocycles. The van der Waals surface area contributed by atoms with Gasteiger partial charge in [-0.25, -0.2) is 14.7 Å². The molecule has 1 heterocycles. The molecule has 1 saturated heterocycles. The van der Waals surface area contributed by atoms with Crippen LogP contribution in [-0.4, -0.2) is 58.5 Å². The molecule has 0 aliphatic carbocycles. The predicted octanol–water partition coefficient (Wildman–Crippen LogP) is 1.71. The lowest BCUT2D eigenvalue weighted by atomic mass is 10.0. The summed E-state index contributed by atoms with van der Waals surface area (Å²) >= 11 is 0. The summed E-state index contributed by atoms with van der Waals surface area (Å²) < 4.78 is 10.5. The highest BCUT2D eigenvalue weighted by molar-refractivity contribution is 5.91. The minimum atomic E-state index is -1.35. The topological polar surface area (TPSA) is 114 Å². The number of rotatable bonds is 8. The summed E-state index contributed by atoms with van der Waals surface area (Å²) in [7, 11) is 0. The third-order valence-electron chi connectivity index (χ3n) is 3.90. The van der Waals surface area contributed by atoms with Gasteiger partial charge in [0.2, 0.25) is 6.10 Å². The molecule has 0 bridgehead atoms. The summed E-state index contributed by atoms with van der Waals surface area (Å²) in [5.41, 5.74) is 0.197. The molecule has 2 N–H and O–H groups in total. The van der Waals surface area contributed by atoms with Gasteiger partial charge in [0.05, 0.1) is 19.3 Å². The second-order valence-corrected chi connectivity index (χ2v) is 7.46. The first kappa shape index (κ1) is 21.6. The molecule has 28 heavy (non-hydrogen) atoms. The minimum absolute atomic E-state index is 0.223. The molecule has 0 aromatic heterocycles. The van der Waals surface area contributed by atoms with Crippen LogP contribution in [0, 0.1) is 0 Å². The Balaban J connectivity index is 1.84. The van der Waals surface area contributed by atoms with Gasteiger partial charge in [-0.05, 0) is 33.3 Å².